The molecule has 1 atom stereocenters. The molecule has 0 bridgehead atoms. The van der Waals surface area contributed by atoms with Crippen molar-refractivity contribution in [3.63, 3.8) is 0 Å². The Morgan fingerprint density at radius 1 is 1.36 bits per heavy atom. The molecule has 5 nitrogen and oxygen atoms in total. The molecular formula is C19H25N3O2S. The van der Waals surface area contributed by atoms with E-state index >= 15 is 0 Å². The summed E-state index contributed by atoms with van der Waals surface area (Å²) in [6.45, 7) is 3.65. The topological polar surface area (TPSA) is 45.7 Å². The van der Waals surface area contributed by atoms with Crippen LogP contribution in [0.25, 0.3) is 10.2 Å². The zero-order chi connectivity index (χ0) is 17.4. The number of fused-ring (bicyclic) bond motifs is 1. The molecule has 1 aromatic heterocycles. The molecule has 25 heavy (non-hydrogen) atoms. The lowest BCUT2D eigenvalue weighted by Crippen LogP contribution is -2.59. The highest BCUT2D eigenvalue weighted by Gasteiger charge is 2.51. The van der Waals surface area contributed by atoms with E-state index < -0.39 is 0 Å². The number of thiazole rings is 1. The molecule has 6 heteroatoms. The minimum atomic E-state index is 0.266. The second-order valence-corrected chi connectivity index (χ2v) is 8.67. The lowest BCUT2D eigenvalue weighted by molar-refractivity contribution is -0.142. The molecule has 0 N–H and O–H groups in total. The second-order valence-electron chi connectivity index (χ2n) is 7.55. The van der Waals surface area contributed by atoms with Crippen molar-refractivity contribution >= 4 is 27.5 Å². The first kappa shape index (κ1) is 16.9. The third-order valence-electron chi connectivity index (χ3n) is 5.53. The molecule has 4 rings (SSSR count). The average Bonchev–Trinajstić information content (AvgIpc) is 3.13. The van der Waals surface area contributed by atoms with E-state index in [1.54, 1.807) is 18.4 Å². The van der Waals surface area contributed by atoms with Crippen molar-refractivity contribution in [3.05, 3.63) is 29.3 Å². The number of hydrogen-bond acceptors (Lipinski definition) is 5. The van der Waals surface area contributed by atoms with Gasteiger partial charge in [-0.15, -0.1) is 11.3 Å². The van der Waals surface area contributed by atoms with Crippen molar-refractivity contribution in [1.29, 1.82) is 0 Å². The van der Waals surface area contributed by atoms with Gasteiger partial charge in [-0.05, 0) is 25.6 Å². The maximum Gasteiger partial charge on any atom is 0.223 e. The van der Waals surface area contributed by atoms with E-state index in [2.05, 4.69) is 23.0 Å². The Kier molecular flexibility index (Phi) is 4.52. The smallest absolute Gasteiger partial charge is 0.223 e. The van der Waals surface area contributed by atoms with Gasteiger partial charge < -0.3 is 14.5 Å². The first-order valence-corrected chi connectivity index (χ1v) is 9.72. The van der Waals surface area contributed by atoms with Crippen LogP contribution in [0, 0.1) is 5.41 Å². The van der Waals surface area contributed by atoms with Crippen LogP contribution in [-0.4, -0.2) is 67.1 Å². The molecule has 1 spiro atoms. The van der Waals surface area contributed by atoms with Gasteiger partial charge in [0.05, 0.1) is 21.8 Å². The van der Waals surface area contributed by atoms with Gasteiger partial charge in [-0.1, -0.05) is 12.1 Å². The number of aryl methyl sites for hydroxylation is 1. The molecule has 134 valence electrons. The molecule has 3 heterocycles. The number of carbonyl (C=O) groups excluding carboxylic acids is 1. The van der Waals surface area contributed by atoms with Crippen molar-refractivity contribution in [2.45, 2.75) is 25.3 Å². The minimum Gasteiger partial charge on any atom is -0.383 e. The second kappa shape index (κ2) is 6.67. The fraction of sp³-hybridized carbons (Fsp3) is 0.579. The Hall–Kier alpha value is -1.50. The summed E-state index contributed by atoms with van der Waals surface area (Å²) >= 11 is 1.70. The largest absolute Gasteiger partial charge is 0.383 e. The molecule has 0 aliphatic carbocycles. The summed E-state index contributed by atoms with van der Waals surface area (Å²) in [5.41, 5.74) is 1.33. The zero-order valence-corrected chi connectivity index (χ0v) is 15.7. The predicted octanol–water partition coefficient (Wildman–Crippen LogP) is 2.41. The molecule has 2 fully saturated rings. The van der Waals surface area contributed by atoms with Gasteiger partial charge in [-0.2, -0.15) is 0 Å². The summed E-state index contributed by atoms with van der Waals surface area (Å²) in [6, 6.07) is 8.65. The van der Waals surface area contributed by atoms with Crippen molar-refractivity contribution in [3.8, 4) is 0 Å². The number of rotatable bonds is 5. The third-order valence-corrected chi connectivity index (χ3v) is 6.63. The average molecular weight is 359 g/mol. The van der Waals surface area contributed by atoms with Crippen molar-refractivity contribution in [2.75, 3.05) is 40.4 Å². The maximum absolute atomic E-state index is 12.5. The van der Waals surface area contributed by atoms with Crippen molar-refractivity contribution in [2.24, 2.45) is 5.41 Å². The summed E-state index contributed by atoms with van der Waals surface area (Å²) in [4.78, 5) is 21.5. The van der Waals surface area contributed by atoms with Gasteiger partial charge in [0, 0.05) is 51.0 Å². The highest BCUT2D eigenvalue weighted by Crippen LogP contribution is 2.42. The molecule has 2 aliphatic heterocycles. The van der Waals surface area contributed by atoms with Crippen LogP contribution in [0.3, 0.4) is 0 Å². The van der Waals surface area contributed by atoms with Gasteiger partial charge >= 0.3 is 0 Å². The number of amides is 1. The Labute approximate surface area is 152 Å². The number of ether oxygens (including phenoxy) is 1. The third kappa shape index (κ3) is 3.30. The molecule has 2 saturated heterocycles. The number of methoxy groups -OCH3 is 1. The fourth-order valence-corrected chi connectivity index (χ4v) is 5.29. The fourth-order valence-electron chi connectivity index (χ4n) is 4.32. The van der Waals surface area contributed by atoms with Gasteiger partial charge in [0.1, 0.15) is 0 Å². The highest BCUT2D eigenvalue weighted by molar-refractivity contribution is 7.18. The normalized spacial score (nSPS) is 22.6. The van der Waals surface area contributed by atoms with Crippen molar-refractivity contribution in [1.82, 2.24) is 14.8 Å². The lowest BCUT2D eigenvalue weighted by atomic mass is 9.77. The number of hydrogen-bond donors (Lipinski definition) is 0. The Morgan fingerprint density at radius 2 is 2.16 bits per heavy atom. The predicted molar refractivity (Wildman–Crippen MR) is 99.9 cm³/mol. The highest BCUT2D eigenvalue weighted by atomic mass is 32.1. The van der Waals surface area contributed by atoms with Gasteiger partial charge in [-0.25, -0.2) is 4.98 Å². The van der Waals surface area contributed by atoms with Crippen LogP contribution >= 0.6 is 11.3 Å². The van der Waals surface area contributed by atoms with Gasteiger partial charge in [0.15, 0.2) is 0 Å². The maximum atomic E-state index is 12.5. The Morgan fingerprint density at radius 3 is 2.92 bits per heavy atom. The standard InChI is InChI=1S/C19H25N3O2S/c1-21-11-19(9-14(21)10-24-2)12-22(13-19)18(23)8-7-17-20-15-5-3-4-6-16(15)25-17/h3-6,14H,7-13H2,1-2H3. The summed E-state index contributed by atoms with van der Waals surface area (Å²) in [6.07, 6.45) is 2.44. The van der Waals surface area contributed by atoms with Gasteiger partial charge in [0.25, 0.3) is 0 Å². The van der Waals surface area contributed by atoms with E-state index in [9.17, 15) is 4.79 Å². The van der Waals surface area contributed by atoms with Crippen LogP contribution in [0.1, 0.15) is 17.8 Å². The molecule has 1 aromatic carbocycles. The molecule has 0 saturated carbocycles. The summed E-state index contributed by atoms with van der Waals surface area (Å²) in [5.74, 6) is 0.266. The summed E-state index contributed by atoms with van der Waals surface area (Å²) < 4.78 is 6.52. The first-order chi connectivity index (χ1) is 12.1. The number of aromatic nitrogens is 1. The quantitative estimate of drug-likeness (QED) is 0.822. The minimum absolute atomic E-state index is 0.266. The van der Waals surface area contributed by atoms with Gasteiger partial charge in [0.2, 0.25) is 5.91 Å². The van der Waals surface area contributed by atoms with E-state index in [0.29, 0.717) is 17.9 Å². The van der Waals surface area contributed by atoms with Crippen LogP contribution in [0.4, 0.5) is 0 Å². The van der Waals surface area contributed by atoms with E-state index in [0.717, 1.165) is 49.6 Å². The molecule has 2 aliphatic rings. The molecular weight excluding hydrogens is 334 g/mol. The molecule has 2 aromatic rings. The first-order valence-electron chi connectivity index (χ1n) is 8.90. The number of likely N-dealkylation sites (N-methyl/N-ethyl adjacent to an activating group) is 1. The van der Waals surface area contributed by atoms with E-state index in [-0.39, 0.29) is 5.91 Å². The Balaban J connectivity index is 1.29. The van der Waals surface area contributed by atoms with Crippen LogP contribution in [-0.2, 0) is 16.0 Å². The Bertz CT molecular complexity index is 736. The van der Waals surface area contributed by atoms with E-state index in [4.69, 9.17) is 4.74 Å². The van der Waals surface area contributed by atoms with Gasteiger partial charge in [-0.3, -0.25) is 4.79 Å². The zero-order valence-electron chi connectivity index (χ0n) is 14.9. The lowest BCUT2D eigenvalue weighted by Gasteiger charge is -2.48. The summed E-state index contributed by atoms with van der Waals surface area (Å²) in [5, 5.41) is 1.06. The summed E-state index contributed by atoms with van der Waals surface area (Å²) in [7, 11) is 3.92. The SMILES string of the molecule is COCC1CC2(CN(C(=O)CCc3nc4ccccc4s3)C2)CN1C. The molecule has 1 amide bonds. The van der Waals surface area contributed by atoms with E-state index in [1.165, 1.54) is 4.70 Å². The number of para-hydroxylation sites is 1. The van der Waals surface area contributed by atoms with Crippen molar-refractivity contribution < 1.29 is 9.53 Å². The molecule has 0 radical (unpaired) electrons. The van der Waals surface area contributed by atoms with Crippen LogP contribution in [0.15, 0.2) is 24.3 Å². The van der Waals surface area contributed by atoms with Crippen LogP contribution in [0.5, 0.6) is 0 Å². The number of nitrogens with zero attached hydrogens (tertiary/aromatic N) is 3. The number of likely N-dealkylation sites (tertiary alicyclic amines) is 2. The monoisotopic (exact) mass is 359 g/mol. The number of benzene rings is 1. The molecule has 1 unspecified atom stereocenters. The van der Waals surface area contributed by atoms with E-state index in [1.807, 2.05) is 23.1 Å². The number of carbonyl (C=O) groups is 1. The van der Waals surface area contributed by atoms with Crippen LogP contribution < -0.4 is 0 Å². The van der Waals surface area contributed by atoms with Crippen LogP contribution in [0.2, 0.25) is 0 Å².